The lowest BCUT2D eigenvalue weighted by atomic mass is 9.49. The largest absolute Gasteiger partial charge is 0.475 e. The molecular weight excluding hydrogens is 252 g/mol. The summed E-state index contributed by atoms with van der Waals surface area (Å²) >= 11 is 0. The molecule has 0 saturated heterocycles. The van der Waals surface area contributed by atoms with Crippen LogP contribution < -0.4 is 0 Å². The second-order valence-corrected chi connectivity index (χ2v) is 7.62. The Labute approximate surface area is 119 Å². The number of furan rings is 1. The molecule has 1 aromatic heterocycles. The molecule has 4 saturated carbocycles. The van der Waals surface area contributed by atoms with Crippen LogP contribution in [0.3, 0.4) is 0 Å². The quantitative estimate of drug-likeness (QED) is 0.904. The fourth-order valence-electron chi connectivity index (χ4n) is 5.72. The van der Waals surface area contributed by atoms with Gasteiger partial charge in [-0.1, -0.05) is 0 Å². The third-order valence-electron chi connectivity index (χ3n) is 5.88. The van der Waals surface area contributed by atoms with E-state index < -0.39 is 5.97 Å². The summed E-state index contributed by atoms with van der Waals surface area (Å²) in [7, 11) is 0. The van der Waals surface area contributed by atoms with Gasteiger partial charge in [0.05, 0.1) is 0 Å². The maximum absolute atomic E-state index is 11.1. The highest BCUT2D eigenvalue weighted by atomic mass is 16.4. The van der Waals surface area contributed by atoms with Crippen LogP contribution in [0, 0.1) is 30.1 Å². The highest BCUT2D eigenvalue weighted by Gasteiger charge is 2.51. The van der Waals surface area contributed by atoms with E-state index in [1.54, 1.807) is 0 Å². The minimum atomic E-state index is -0.945. The molecule has 3 nitrogen and oxygen atoms in total. The first-order valence-electron chi connectivity index (χ1n) is 7.86. The van der Waals surface area contributed by atoms with Gasteiger partial charge in [-0.15, -0.1) is 0 Å². The SMILES string of the molecule is Cc1cc(CC23CC4CC(CC(C4)C2)C3)oc1C(=O)O. The van der Waals surface area contributed by atoms with Crippen LogP contribution in [0.25, 0.3) is 0 Å². The molecule has 108 valence electrons. The normalized spacial score (nSPS) is 38.4. The second-order valence-electron chi connectivity index (χ2n) is 7.62. The first-order chi connectivity index (χ1) is 9.53. The summed E-state index contributed by atoms with van der Waals surface area (Å²) in [6, 6.07) is 1.95. The van der Waals surface area contributed by atoms with Gasteiger partial charge in [-0.3, -0.25) is 0 Å². The minimum absolute atomic E-state index is 0.129. The summed E-state index contributed by atoms with van der Waals surface area (Å²) in [6.07, 6.45) is 9.28. The van der Waals surface area contributed by atoms with Gasteiger partial charge in [0.25, 0.3) is 0 Å². The summed E-state index contributed by atoms with van der Waals surface area (Å²) in [5, 5.41) is 9.11. The molecule has 4 fully saturated rings. The Morgan fingerprint density at radius 1 is 1.25 bits per heavy atom. The van der Waals surface area contributed by atoms with Crippen LogP contribution in [0.5, 0.6) is 0 Å². The van der Waals surface area contributed by atoms with Gasteiger partial charge in [0.15, 0.2) is 0 Å². The predicted octanol–water partition coefficient (Wildman–Crippen LogP) is 4.05. The van der Waals surface area contributed by atoms with E-state index >= 15 is 0 Å². The number of carboxylic acid groups (broad SMARTS) is 1. The van der Waals surface area contributed by atoms with Crippen molar-refractivity contribution >= 4 is 5.97 Å². The molecule has 0 aromatic carbocycles. The standard InChI is InChI=1S/C17H22O3/c1-10-2-14(20-15(10)16(18)19)9-17-6-11-3-12(7-17)5-13(4-11)8-17/h2,11-13H,3-9H2,1H3,(H,18,19). The number of rotatable bonds is 3. The van der Waals surface area contributed by atoms with Gasteiger partial charge in [-0.2, -0.15) is 0 Å². The maximum Gasteiger partial charge on any atom is 0.372 e. The molecule has 0 amide bonds. The summed E-state index contributed by atoms with van der Waals surface area (Å²) in [5.74, 6) is 2.86. The van der Waals surface area contributed by atoms with Gasteiger partial charge in [-0.05, 0) is 74.7 Å². The number of carboxylic acids is 1. The van der Waals surface area contributed by atoms with Gasteiger partial charge in [-0.25, -0.2) is 4.79 Å². The van der Waals surface area contributed by atoms with E-state index in [1.165, 1.54) is 38.5 Å². The molecular formula is C17H22O3. The average Bonchev–Trinajstić information content (AvgIpc) is 2.67. The van der Waals surface area contributed by atoms with Crippen LogP contribution in [-0.2, 0) is 6.42 Å². The number of aromatic carboxylic acids is 1. The zero-order valence-electron chi connectivity index (χ0n) is 12.0. The zero-order valence-corrected chi connectivity index (χ0v) is 12.0. The fourth-order valence-corrected chi connectivity index (χ4v) is 5.72. The van der Waals surface area contributed by atoms with E-state index in [0.29, 0.717) is 5.41 Å². The fraction of sp³-hybridized carbons (Fsp3) is 0.706. The van der Waals surface area contributed by atoms with Crippen LogP contribution >= 0.6 is 0 Å². The summed E-state index contributed by atoms with van der Waals surface area (Å²) in [4.78, 5) is 11.1. The molecule has 1 heterocycles. The van der Waals surface area contributed by atoms with E-state index in [0.717, 1.165) is 35.5 Å². The van der Waals surface area contributed by atoms with E-state index in [9.17, 15) is 4.79 Å². The Morgan fingerprint density at radius 3 is 2.25 bits per heavy atom. The molecule has 3 heteroatoms. The summed E-state index contributed by atoms with van der Waals surface area (Å²) in [6.45, 7) is 1.83. The van der Waals surface area contributed by atoms with Crippen LogP contribution in [0.1, 0.15) is 60.4 Å². The molecule has 0 spiro atoms. The van der Waals surface area contributed by atoms with Crippen molar-refractivity contribution < 1.29 is 14.3 Å². The van der Waals surface area contributed by atoms with Crippen molar-refractivity contribution in [2.75, 3.05) is 0 Å². The number of aryl methyl sites for hydroxylation is 1. The molecule has 0 radical (unpaired) electrons. The lowest BCUT2D eigenvalue weighted by Crippen LogP contribution is -2.46. The highest BCUT2D eigenvalue weighted by molar-refractivity contribution is 5.86. The first kappa shape index (κ1) is 12.5. The Balaban J connectivity index is 1.59. The molecule has 4 aliphatic carbocycles. The summed E-state index contributed by atoms with van der Waals surface area (Å²) < 4.78 is 5.62. The molecule has 20 heavy (non-hydrogen) atoms. The van der Waals surface area contributed by atoms with Gasteiger partial charge >= 0.3 is 5.97 Å². The molecule has 5 rings (SSSR count). The van der Waals surface area contributed by atoms with E-state index in [-0.39, 0.29) is 5.76 Å². The molecule has 0 aliphatic heterocycles. The van der Waals surface area contributed by atoms with Gasteiger partial charge < -0.3 is 9.52 Å². The lowest BCUT2D eigenvalue weighted by molar-refractivity contribution is -0.0545. The average molecular weight is 274 g/mol. The maximum atomic E-state index is 11.1. The van der Waals surface area contributed by atoms with Gasteiger partial charge in [0.2, 0.25) is 5.76 Å². The Hall–Kier alpha value is -1.25. The molecule has 1 aromatic rings. The van der Waals surface area contributed by atoms with Crippen LogP contribution in [-0.4, -0.2) is 11.1 Å². The monoisotopic (exact) mass is 274 g/mol. The smallest absolute Gasteiger partial charge is 0.372 e. The van der Waals surface area contributed by atoms with E-state index in [1.807, 2.05) is 13.0 Å². The number of carbonyl (C=O) groups is 1. The third kappa shape index (κ3) is 1.90. The van der Waals surface area contributed by atoms with Crippen molar-refractivity contribution in [2.45, 2.75) is 51.9 Å². The van der Waals surface area contributed by atoms with Crippen molar-refractivity contribution in [3.63, 3.8) is 0 Å². The van der Waals surface area contributed by atoms with E-state index in [4.69, 9.17) is 9.52 Å². The molecule has 0 atom stereocenters. The minimum Gasteiger partial charge on any atom is -0.475 e. The van der Waals surface area contributed by atoms with Crippen LogP contribution in [0.15, 0.2) is 10.5 Å². The molecule has 4 aliphatic rings. The van der Waals surface area contributed by atoms with E-state index in [2.05, 4.69) is 0 Å². The van der Waals surface area contributed by atoms with Crippen LogP contribution in [0.2, 0.25) is 0 Å². The van der Waals surface area contributed by atoms with Crippen molar-refractivity contribution in [1.82, 2.24) is 0 Å². The van der Waals surface area contributed by atoms with Gasteiger partial charge in [0.1, 0.15) is 5.76 Å². The number of hydrogen-bond acceptors (Lipinski definition) is 2. The molecule has 4 bridgehead atoms. The zero-order chi connectivity index (χ0) is 13.9. The molecule has 0 unspecified atom stereocenters. The van der Waals surface area contributed by atoms with Crippen molar-refractivity contribution in [1.29, 1.82) is 0 Å². The second kappa shape index (κ2) is 4.12. The van der Waals surface area contributed by atoms with Crippen LogP contribution in [0.4, 0.5) is 0 Å². The van der Waals surface area contributed by atoms with Gasteiger partial charge in [0, 0.05) is 12.0 Å². The first-order valence-corrected chi connectivity index (χ1v) is 7.86. The van der Waals surface area contributed by atoms with Crippen molar-refractivity contribution in [2.24, 2.45) is 23.2 Å². The topological polar surface area (TPSA) is 50.4 Å². The number of hydrogen-bond donors (Lipinski definition) is 1. The Morgan fingerprint density at radius 2 is 1.80 bits per heavy atom. The Bertz CT molecular complexity index is 519. The molecule has 1 N–H and O–H groups in total. The highest BCUT2D eigenvalue weighted by Crippen LogP contribution is 2.61. The third-order valence-corrected chi connectivity index (χ3v) is 5.88. The Kier molecular flexibility index (Phi) is 2.57. The summed E-state index contributed by atoms with van der Waals surface area (Å²) in [5.41, 5.74) is 1.17. The predicted molar refractivity (Wildman–Crippen MR) is 74.7 cm³/mol. The van der Waals surface area contributed by atoms with Crippen molar-refractivity contribution in [3.8, 4) is 0 Å². The van der Waals surface area contributed by atoms with Crippen molar-refractivity contribution in [3.05, 3.63) is 23.2 Å². The lowest BCUT2D eigenvalue weighted by Gasteiger charge is -2.56.